The number of nitrogens with two attached hydrogens (primary N) is 1. The number of benzene rings is 2. The summed E-state index contributed by atoms with van der Waals surface area (Å²) in [6.07, 6.45) is 5.96. The van der Waals surface area contributed by atoms with Crippen LogP contribution in [0.15, 0.2) is 66.9 Å². The Bertz CT molecular complexity index is 846. The van der Waals surface area contributed by atoms with Crippen LogP contribution in [0, 0.1) is 0 Å². The lowest BCUT2D eigenvalue weighted by Crippen LogP contribution is -2.12. The highest BCUT2D eigenvalue weighted by Gasteiger charge is 2.18. The van der Waals surface area contributed by atoms with E-state index in [4.69, 9.17) is 5.73 Å². The molecule has 0 fully saturated rings. The van der Waals surface area contributed by atoms with E-state index in [-0.39, 0.29) is 6.04 Å². The van der Waals surface area contributed by atoms with Gasteiger partial charge in [0.15, 0.2) is 0 Å². The van der Waals surface area contributed by atoms with Crippen LogP contribution >= 0.6 is 0 Å². The van der Waals surface area contributed by atoms with Crippen molar-refractivity contribution in [2.75, 3.05) is 0 Å². The Morgan fingerprint density at radius 2 is 1.83 bits per heavy atom. The Labute approximate surface area is 135 Å². The topological polar surface area (TPSA) is 54.7 Å². The number of allylic oxidation sites excluding steroid dienone is 1. The minimum atomic E-state index is -0.120. The minimum Gasteiger partial charge on any atom is -0.341 e. The van der Waals surface area contributed by atoms with Crippen LogP contribution in [0.5, 0.6) is 0 Å². The second-order valence-corrected chi connectivity index (χ2v) is 5.95. The molecule has 0 aliphatic heterocycles. The van der Waals surface area contributed by atoms with Crippen LogP contribution in [0.3, 0.4) is 0 Å². The molecule has 0 unspecified atom stereocenters. The minimum absolute atomic E-state index is 0.120. The summed E-state index contributed by atoms with van der Waals surface area (Å²) in [5, 5.41) is 0. The van der Waals surface area contributed by atoms with Crippen molar-refractivity contribution >= 4 is 5.57 Å². The average molecular weight is 301 g/mol. The monoisotopic (exact) mass is 301 g/mol. The molecule has 2 aromatic carbocycles. The SMILES string of the molecule is N[C@H](CC1=CCc2ccccc21)c1ncc(-c2ccccc2)[nH]1. The van der Waals surface area contributed by atoms with Gasteiger partial charge >= 0.3 is 0 Å². The molecular formula is C20H19N3. The number of imidazole rings is 1. The summed E-state index contributed by atoms with van der Waals surface area (Å²) in [5.74, 6) is 0.842. The molecule has 23 heavy (non-hydrogen) atoms. The summed E-state index contributed by atoms with van der Waals surface area (Å²) in [6.45, 7) is 0. The van der Waals surface area contributed by atoms with E-state index >= 15 is 0 Å². The van der Waals surface area contributed by atoms with Gasteiger partial charge in [-0.2, -0.15) is 0 Å². The number of aromatic amines is 1. The molecule has 0 saturated heterocycles. The predicted molar refractivity (Wildman–Crippen MR) is 93.7 cm³/mol. The lowest BCUT2D eigenvalue weighted by Gasteiger charge is -2.11. The lowest BCUT2D eigenvalue weighted by molar-refractivity contribution is 0.702. The second kappa shape index (κ2) is 5.86. The Morgan fingerprint density at radius 1 is 1.04 bits per heavy atom. The zero-order valence-corrected chi connectivity index (χ0v) is 12.9. The number of rotatable bonds is 4. The fraction of sp³-hybridized carbons (Fsp3) is 0.150. The van der Waals surface area contributed by atoms with Crippen molar-refractivity contribution in [3.63, 3.8) is 0 Å². The van der Waals surface area contributed by atoms with Gasteiger partial charge in [-0.05, 0) is 35.1 Å². The van der Waals surface area contributed by atoms with Gasteiger partial charge in [0.2, 0.25) is 0 Å². The summed E-state index contributed by atoms with van der Waals surface area (Å²) in [5.41, 5.74) is 12.6. The van der Waals surface area contributed by atoms with Gasteiger partial charge in [-0.15, -0.1) is 0 Å². The van der Waals surface area contributed by atoms with Crippen LogP contribution in [0.2, 0.25) is 0 Å². The van der Waals surface area contributed by atoms with E-state index in [9.17, 15) is 0 Å². The van der Waals surface area contributed by atoms with E-state index in [1.165, 1.54) is 16.7 Å². The van der Waals surface area contributed by atoms with E-state index < -0.39 is 0 Å². The summed E-state index contributed by atoms with van der Waals surface area (Å²) < 4.78 is 0. The first-order valence-electron chi connectivity index (χ1n) is 7.94. The lowest BCUT2D eigenvalue weighted by atomic mass is 10.00. The number of nitrogens with zero attached hydrogens (tertiary/aromatic N) is 1. The highest BCUT2D eigenvalue weighted by molar-refractivity contribution is 5.73. The van der Waals surface area contributed by atoms with Crippen LogP contribution in [0.4, 0.5) is 0 Å². The van der Waals surface area contributed by atoms with Crippen molar-refractivity contribution in [2.24, 2.45) is 5.73 Å². The van der Waals surface area contributed by atoms with Gasteiger partial charge in [0.25, 0.3) is 0 Å². The molecule has 3 aromatic rings. The van der Waals surface area contributed by atoms with Crippen LogP contribution in [0.25, 0.3) is 16.8 Å². The molecule has 114 valence electrons. The standard InChI is InChI=1S/C20H19N3/c21-18(12-16-11-10-14-6-4-5-9-17(14)16)20-22-13-19(23-20)15-7-2-1-3-8-15/h1-9,11,13,18H,10,12,21H2,(H,22,23)/t18-/m1/s1. The molecule has 0 radical (unpaired) electrons. The Balaban J connectivity index is 1.53. The Hall–Kier alpha value is -2.65. The molecule has 1 aromatic heterocycles. The molecule has 0 saturated carbocycles. The summed E-state index contributed by atoms with van der Waals surface area (Å²) in [6, 6.07) is 18.6. The van der Waals surface area contributed by atoms with E-state index in [2.05, 4.69) is 52.4 Å². The smallest absolute Gasteiger partial charge is 0.123 e. The molecule has 3 nitrogen and oxygen atoms in total. The third-order valence-corrected chi connectivity index (χ3v) is 4.40. The largest absolute Gasteiger partial charge is 0.341 e. The van der Waals surface area contributed by atoms with Gasteiger partial charge in [-0.3, -0.25) is 0 Å². The predicted octanol–water partition coefficient (Wildman–Crippen LogP) is 4.11. The maximum absolute atomic E-state index is 6.39. The van der Waals surface area contributed by atoms with Crippen molar-refractivity contribution in [1.29, 1.82) is 0 Å². The summed E-state index contributed by atoms with van der Waals surface area (Å²) >= 11 is 0. The quantitative estimate of drug-likeness (QED) is 0.762. The van der Waals surface area contributed by atoms with Crippen LogP contribution in [-0.2, 0) is 6.42 Å². The Morgan fingerprint density at radius 3 is 2.70 bits per heavy atom. The van der Waals surface area contributed by atoms with Gasteiger partial charge < -0.3 is 10.7 Å². The van der Waals surface area contributed by atoms with Gasteiger partial charge in [0, 0.05) is 0 Å². The van der Waals surface area contributed by atoms with E-state index in [1.807, 2.05) is 24.4 Å². The number of H-pyrrole nitrogens is 1. The highest BCUT2D eigenvalue weighted by Crippen LogP contribution is 2.33. The van der Waals surface area contributed by atoms with Gasteiger partial charge in [0.05, 0.1) is 17.9 Å². The van der Waals surface area contributed by atoms with Crippen molar-refractivity contribution in [1.82, 2.24) is 9.97 Å². The molecule has 1 aliphatic rings. The van der Waals surface area contributed by atoms with E-state index in [0.717, 1.165) is 29.9 Å². The first kappa shape index (κ1) is 14.0. The summed E-state index contributed by atoms with van der Waals surface area (Å²) in [7, 11) is 0. The number of aromatic nitrogens is 2. The zero-order chi connectivity index (χ0) is 15.6. The van der Waals surface area contributed by atoms with Crippen molar-refractivity contribution in [3.8, 4) is 11.3 Å². The third-order valence-electron chi connectivity index (χ3n) is 4.40. The molecule has 0 bridgehead atoms. The van der Waals surface area contributed by atoms with E-state index in [1.54, 1.807) is 0 Å². The maximum Gasteiger partial charge on any atom is 0.123 e. The molecule has 0 spiro atoms. The first-order chi connectivity index (χ1) is 11.3. The fourth-order valence-corrected chi connectivity index (χ4v) is 3.17. The third kappa shape index (κ3) is 2.71. The van der Waals surface area contributed by atoms with Gasteiger partial charge in [0.1, 0.15) is 5.82 Å². The molecule has 1 aliphatic carbocycles. The molecule has 1 atom stereocenters. The van der Waals surface area contributed by atoms with Gasteiger partial charge in [-0.25, -0.2) is 4.98 Å². The number of hydrogen-bond donors (Lipinski definition) is 2. The van der Waals surface area contributed by atoms with Crippen molar-refractivity contribution < 1.29 is 0 Å². The summed E-state index contributed by atoms with van der Waals surface area (Å²) in [4.78, 5) is 7.85. The van der Waals surface area contributed by atoms with Gasteiger partial charge in [-0.1, -0.05) is 60.7 Å². The number of nitrogens with one attached hydrogen (secondary N) is 1. The fourth-order valence-electron chi connectivity index (χ4n) is 3.17. The second-order valence-electron chi connectivity index (χ2n) is 5.95. The molecular weight excluding hydrogens is 282 g/mol. The average Bonchev–Trinajstić information content (AvgIpc) is 3.24. The van der Waals surface area contributed by atoms with Crippen LogP contribution in [0.1, 0.15) is 29.4 Å². The molecule has 4 rings (SSSR count). The van der Waals surface area contributed by atoms with Crippen LogP contribution in [-0.4, -0.2) is 9.97 Å². The van der Waals surface area contributed by atoms with Crippen molar-refractivity contribution in [3.05, 3.63) is 83.8 Å². The molecule has 0 amide bonds. The van der Waals surface area contributed by atoms with E-state index in [0.29, 0.717) is 0 Å². The molecule has 3 heteroatoms. The first-order valence-corrected chi connectivity index (χ1v) is 7.94. The highest BCUT2D eigenvalue weighted by atomic mass is 15.0. The number of fused-ring (bicyclic) bond motifs is 1. The zero-order valence-electron chi connectivity index (χ0n) is 12.9. The van der Waals surface area contributed by atoms with Crippen LogP contribution < -0.4 is 5.73 Å². The van der Waals surface area contributed by atoms with Crippen molar-refractivity contribution in [2.45, 2.75) is 18.9 Å². The Kier molecular flexibility index (Phi) is 3.56. The molecule has 1 heterocycles. The number of hydrogen-bond acceptors (Lipinski definition) is 2. The normalized spacial score (nSPS) is 14.4. The molecule has 3 N–H and O–H groups in total. The maximum atomic E-state index is 6.39.